The Labute approximate surface area is 140 Å². The molecule has 0 unspecified atom stereocenters. The highest BCUT2D eigenvalue weighted by Crippen LogP contribution is 2.41. The molecule has 0 heterocycles. The van der Waals surface area contributed by atoms with Crippen molar-refractivity contribution in [3.8, 4) is 0 Å². The van der Waals surface area contributed by atoms with Crippen LogP contribution in [0.3, 0.4) is 0 Å². The van der Waals surface area contributed by atoms with E-state index in [1.54, 1.807) is 0 Å². The summed E-state index contributed by atoms with van der Waals surface area (Å²) in [6, 6.07) is 0. The molecular formula is C21H40O. The molecule has 2 rings (SSSR count). The van der Waals surface area contributed by atoms with Crippen molar-refractivity contribution < 1.29 is 4.79 Å². The number of allylic oxidation sites excluding steroid dienone is 1. The summed E-state index contributed by atoms with van der Waals surface area (Å²) in [6.45, 7) is 15.2. The maximum atomic E-state index is 10.7. The fourth-order valence-corrected chi connectivity index (χ4v) is 3.22. The summed E-state index contributed by atoms with van der Waals surface area (Å²) in [5, 5.41) is 0. The molecule has 1 nitrogen and oxygen atoms in total. The van der Waals surface area contributed by atoms with E-state index in [4.69, 9.17) is 0 Å². The zero-order valence-corrected chi connectivity index (χ0v) is 16.0. The first kappa shape index (κ1) is 21.4. The Hall–Kier alpha value is -0.590. The number of Topliss-reactive ketones (excluding diaryl/α,β-unsaturated/α-hetero) is 1. The minimum Gasteiger partial charge on any atom is -0.300 e. The van der Waals surface area contributed by atoms with Crippen LogP contribution in [0.25, 0.3) is 0 Å². The van der Waals surface area contributed by atoms with Crippen LogP contribution in [-0.2, 0) is 4.79 Å². The summed E-state index contributed by atoms with van der Waals surface area (Å²) in [4.78, 5) is 10.7. The van der Waals surface area contributed by atoms with Gasteiger partial charge in [0.2, 0.25) is 0 Å². The Morgan fingerprint density at radius 3 is 1.82 bits per heavy atom. The highest BCUT2D eigenvalue weighted by molar-refractivity contribution is 5.78. The molecule has 0 bridgehead atoms. The van der Waals surface area contributed by atoms with Crippen molar-refractivity contribution in [2.75, 3.05) is 0 Å². The lowest BCUT2D eigenvalue weighted by Crippen LogP contribution is -2.25. The zero-order valence-electron chi connectivity index (χ0n) is 16.0. The van der Waals surface area contributed by atoms with Crippen molar-refractivity contribution in [1.29, 1.82) is 0 Å². The molecule has 0 aromatic heterocycles. The van der Waals surface area contributed by atoms with Gasteiger partial charge in [-0.05, 0) is 49.9 Å². The smallest absolute Gasteiger partial charge is 0.132 e. The number of hydrogen-bond acceptors (Lipinski definition) is 1. The minimum absolute atomic E-state index is 0.475. The molecule has 2 fully saturated rings. The number of carbonyl (C=O) groups excluding carboxylic acids is 1. The highest BCUT2D eigenvalue weighted by atomic mass is 16.1. The normalized spacial score (nSPS) is 20.2. The van der Waals surface area contributed by atoms with Crippen LogP contribution in [0.2, 0.25) is 0 Å². The van der Waals surface area contributed by atoms with Crippen LogP contribution in [0.1, 0.15) is 105 Å². The second-order valence-electron chi connectivity index (χ2n) is 7.32. The molecule has 130 valence electrons. The molecule has 0 aromatic carbocycles. The predicted octanol–water partition coefficient (Wildman–Crippen LogP) is 7.10. The number of rotatable bonds is 2. The van der Waals surface area contributed by atoms with Gasteiger partial charge in [-0.25, -0.2) is 0 Å². The molecule has 0 aliphatic heterocycles. The SMILES string of the molecule is C=C1CCC(C(C)(C)CC)CC1.CC.O=C1CCCCCC1. The summed E-state index contributed by atoms with van der Waals surface area (Å²) < 4.78 is 0. The van der Waals surface area contributed by atoms with E-state index >= 15 is 0 Å². The molecule has 0 amide bonds. The Balaban J connectivity index is 0.000000382. The zero-order chi connectivity index (χ0) is 17.0. The number of hydrogen-bond donors (Lipinski definition) is 0. The van der Waals surface area contributed by atoms with Gasteiger partial charge in [0.05, 0.1) is 0 Å². The van der Waals surface area contributed by atoms with Gasteiger partial charge in [0.25, 0.3) is 0 Å². The van der Waals surface area contributed by atoms with Gasteiger partial charge >= 0.3 is 0 Å². The molecule has 22 heavy (non-hydrogen) atoms. The predicted molar refractivity (Wildman–Crippen MR) is 99.2 cm³/mol. The average molecular weight is 309 g/mol. The van der Waals surface area contributed by atoms with Gasteiger partial charge in [-0.1, -0.05) is 66.0 Å². The molecule has 2 aliphatic carbocycles. The summed E-state index contributed by atoms with van der Waals surface area (Å²) >= 11 is 0. The molecule has 0 aromatic rings. The Morgan fingerprint density at radius 1 is 0.955 bits per heavy atom. The van der Waals surface area contributed by atoms with Crippen molar-refractivity contribution in [3.63, 3.8) is 0 Å². The molecule has 0 N–H and O–H groups in total. The van der Waals surface area contributed by atoms with Gasteiger partial charge in [-0.15, -0.1) is 0 Å². The maximum absolute atomic E-state index is 10.7. The first-order chi connectivity index (χ1) is 10.5. The standard InChI is InChI=1S/C12H22.C7H12O.C2H6/c1-5-12(3,4)11-8-6-10(2)7-9-11;8-7-5-3-1-2-4-6-7;1-2/h11H,2,5-9H2,1,3-4H3;1-6H2;1-2H3. The third kappa shape index (κ3) is 8.76. The number of ketones is 1. The first-order valence-corrected chi connectivity index (χ1v) is 9.64. The summed E-state index contributed by atoms with van der Waals surface area (Å²) in [5.74, 6) is 1.41. The Morgan fingerprint density at radius 2 is 1.41 bits per heavy atom. The summed E-state index contributed by atoms with van der Waals surface area (Å²) in [5.41, 5.74) is 2.03. The van der Waals surface area contributed by atoms with Gasteiger partial charge in [0.15, 0.2) is 0 Å². The summed E-state index contributed by atoms with van der Waals surface area (Å²) in [6.07, 6.45) is 13.1. The van der Waals surface area contributed by atoms with Crippen LogP contribution in [0.5, 0.6) is 0 Å². The molecule has 2 aliphatic rings. The fraction of sp³-hybridized carbons (Fsp3) is 0.857. The third-order valence-electron chi connectivity index (χ3n) is 5.37. The second-order valence-corrected chi connectivity index (χ2v) is 7.32. The fourth-order valence-electron chi connectivity index (χ4n) is 3.22. The van der Waals surface area contributed by atoms with Crippen molar-refractivity contribution in [3.05, 3.63) is 12.2 Å². The van der Waals surface area contributed by atoms with Crippen LogP contribution in [0, 0.1) is 11.3 Å². The minimum atomic E-state index is 0.475. The van der Waals surface area contributed by atoms with E-state index in [1.807, 2.05) is 13.8 Å². The second kappa shape index (κ2) is 11.9. The molecule has 0 atom stereocenters. The van der Waals surface area contributed by atoms with Crippen LogP contribution in [0.4, 0.5) is 0 Å². The van der Waals surface area contributed by atoms with E-state index in [0.717, 1.165) is 31.6 Å². The Kier molecular flexibility index (Phi) is 11.6. The van der Waals surface area contributed by atoms with E-state index in [9.17, 15) is 4.79 Å². The lowest BCUT2D eigenvalue weighted by molar-refractivity contribution is -0.118. The van der Waals surface area contributed by atoms with Crippen LogP contribution < -0.4 is 0 Å². The van der Waals surface area contributed by atoms with Gasteiger partial charge in [-0.3, -0.25) is 4.79 Å². The van der Waals surface area contributed by atoms with Crippen molar-refractivity contribution in [2.24, 2.45) is 11.3 Å². The quantitative estimate of drug-likeness (QED) is 0.392. The van der Waals surface area contributed by atoms with Gasteiger partial charge in [0.1, 0.15) is 5.78 Å². The van der Waals surface area contributed by atoms with Gasteiger partial charge < -0.3 is 0 Å². The van der Waals surface area contributed by atoms with E-state index in [1.165, 1.54) is 50.5 Å². The van der Waals surface area contributed by atoms with Crippen LogP contribution in [-0.4, -0.2) is 5.78 Å². The van der Waals surface area contributed by atoms with E-state index in [-0.39, 0.29) is 0 Å². The molecule has 1 heteroatoms. The molecule has 0 spiro atoms. The van der Waals surface area contributed by atoms with Crippen LogP contribution in [0.15, 0.2) is 12.2 Å². The monoisotopic (exact) mass is 308 g/mol. The molecular weight excluding hydrogens is 268 g/mol. The highest BCUT2D eigenvalue weighted by Gasteiger charge is 2.29. The van der Waals surface area contributed by atoms with E-state index < -0.39 is 0 Å². The van der Waals surface area contributed by atoms with Crippen LogP contribution >= 0.6 is 0 Å². The van der Waals surface area contributed by atoms with Crippen molar-refractivity contribution in [2.45, 2.75) is 105 Å². The van der Waals surface area contributed by atoms with Gasteiger partial charge in [0, 0.05) is 12.8 Å². The van der Waals surface area contributed by atoms with Crippen molar-refractivity contribution >= 4 is 5.78 Å². The van der Waals surface area contributed by atoms with E-state index in [0.29, 0.717) is 11.2 Å². The average Bonchev–Trinajstić information content (AvgIpc) is 2.78. The first-order valence-electron chi connectivity index (χ1n) is 9.64. The largest absolute Gasteiger partial charge is 0.300 e. The Bertz CT molecular complexity index is 294. The number of carbonyl (C=O) groups is 1. The third-order valence-corrected chi connectivity index (χ3v) is 5.37. The van der Waals surface area contributed by atoms with Gasteiger partial charge in [-0.2, -0.15) is 0 Å². The maximum Gasteiger partial charge on any atom is 0.132 e. The van der Waals surface area contributed by atoms with E-state index in [2.05, 4.69) is 27.4 Å². The van der Waals surface area contributed by atoms with Crippen molar-refractivity contribution in [1.82, 2.24) is 0 Å². The topological polar surface area (TPSA) is 17.1 Å². The lowest BCUT2D eigenvalue weighted by Gasteiger charge is -2.36. The summed E-state index contributed by atoms with van der Waals surface area (Å²) in [7, 11) is 0. The molecule has 0 saturated heterocycles. The lowest BCUT2D eigenvalue weighted by atomic mass is 9.69. The molecule has 2 saturated carbocycles. The molecule has 0 radical (unpaired) electrons.